The van der Waals surface area contributed by atoms with Crippen molar-refractivity contribution in [3.8, 4) is 0 Å². The summed E-state index contributed by atoms with van der Waals surface area (Å²) in [5.41, 5.74) is 5.22. The number of amides is 1. The van der Waals surface area contributed by atoms with Crippen LogP contribution in [-0.2, 0) is 17.6 Å². The van der Waals surface area contributed by atoms with Crippen LogP contribution in [0.25, 0.3) is 0 Å². The van der Waals surface area contributed by atoms with Gasteiger partial charge in [-0.05, 0) is 49.8 Å². The van der Waals surface area contributed by atoms with E-state index in [0.717, 1.165) is 38.8 Å². The third kappa shape index (κ3) is 4.38. The van der Waals surface area contributed by atoms with E-state index in [2.05, 4.69) is 59.6 Å². The number of hydrogen-bond acceptors (Lipinski definition) is 2. The molecule has 0 unspecified atom stereocenters. The topological polar surface area (TPSA) is 32.3 Å². The summed E-state index contributed by atoms with van der Waals surface area (Å²) in [5.74, 6) is 0.122. The molecular formula is C21H26N2O. The predicted molar refractivity (Wildman–Crippen MR) is 99.5 cm³/mol. The number of fused-ring (bicyclic) bond motifs is 1. The van der Waals surface area contributed by atoms with Crippen molar-refractivity contribution in [3.63, 3.8) is 0 Å². The number of carbonyl (C=O) groups excluding carboxylic acids is 1. The lowest BCUT2D eigenvalue weighted by Gasteiger charge is -2.31. The molecule has 1 aliphatic rings. The number of benzene rings is 2. The normalized spacial score (nSPS) is 13.5. The molecule has 0 aliphatic carbocycles. The molecule has 0 atom stereocenters. The quantitative estimate of drug-likeness (QED) is 0.826. The third-order valence-electron chi connectivity index (χ3n) is 4.59. The summed E-state index contributed by atoms with van der Waals surface area (Å²) in [7, 11) is 0. The third-order valence-corrected chi connectivity index (χ3v) is 4.59. The van der Waals surface area contributed by atoms with Crippen molar-refractivity contribution in [3.05, 3.63) is 65.2 Å². The molecule has 0 aromatic heterocycles. The summed E-state index contributed by atoms with van der Waals surface area (Å²) < 4.78 is 0. The van der Waals surface area contributed by atoms with Gasteiger partial charge < -0.3 is 10.2 Å². The first-order chi connectivity index (χ1) is 11.7. The van der Waals surface area contributed by atoms with Gasteiger partial charge in [-0.2, -0.15) is 0 Å². The first-order valence-corrected chi connectivity index (χ1v) is 8.87. The molecule has 126 valence electrons. The fourth-order valence-corrected chi connectivity index (χ4v) is 3.36. The zero-order valence-electron chi connectivity index (χ0n) is 14.4. The molecule has 3 rings (SSSR count). The van der Waals surface area contributed by atoms with E-state index in [1.54, 1.807) is 0 Å². The van der Waals surface area contributed by atoms with E-state index in [1.165, 1.54) is 22.4 Å². The van der Waals surface area contributed by atoms with Crippen molar-refractivity contribution in [2.24, 2.45) is 0 Å². The Morgan fingerprint density at radius 3 is 2.83 bits per heavy atom. The highest BCUT2D eigenvalue weighted by Gasteiger charge is 2.18. The largest absolute Gasteiger partial charge is 0.362 e. The SMILES string of the molecule is Cc1ccc2c(c1)CCCN2CC(=O)NCCCc1ccccc1. The first-order valence-electron chi connectivity index (χ1n) is 8.87. The highest BCUT2D eigenvalue weighted by atomic mass is 16.2. The maximum Gasteiger partial charge on any atom is 0.239 e. The highest BCUT2D eigenvalue weighted by Crippen LogP contribution is 2.27. The van der Waals surface area contributed by atoms with E-state index >= 15 is 0 Å². The fourth-order valence-electron chi connectivity index (χ4n) is 3.36. The van der Waals surface area contributed by atoms with Gasteiger partial charge in [0.05, 0.1) is 6.54 Å². The lowest BCUT2D eigenvalue weighted by molar-refractivity contribution is -0.119. The minimum absolute atomic E-state index is 0.122. The molecule has 1 heterocycles. The number of hydrogen-bond donors (Lipinski definition) is 1. The van der Waals surface area contributed by atoms with Gasteiger partial charge in [-0.15, -0.1) is 0 Å². The van der Waals surface area contributed by atoms with Crippen LogP contribution in [0.4, 0.5) is 5.69 Å². The van der Waals surface area contributed by atoms with Crippen LogP contribution >= 0.6 is 0 Å². The van der Waals surface area contributed by atoms with Gasteiger partial charge >= 0.3 is 0 Å². The van der Waals surface area contributed by atoms with Crippen LogP contribution in [0.1, 0.15) is 29.5 Å². The second-order valence-corrected chi connectivity index (χ2v) is 6.60. The standard InChI is InChI=1S/C21H26N2O/c1-17-11-12-20-19(15-17)10-6-14-23(20)16-21(24)22-13-5-9-18-7-3-2-4-8-18/h2-4,7-8,11-12,15H,5-6,9-10,13-14,16H2,1H3,(H,22,24). The molecule has 0 saturated heterocycles. The van der Waals surface area contributed by atoms with Gasteiger partial charge in [0.25, 0.3) is 0 Å². The smallest absolute Gasteiger partial charge is 0.239 e. The Morgan fingerprint density at radius 2 is 2.00 bits per heavy atom. The molecule has 0 spiro atoms. The molecule has 1 amide bonds. The Morgan fingerprint density at radius 1 is 1.17 bits per heavy atom. The Balaban J connectivity index is 1.46. The Hall–Kier alpha value is -2.29. The van der Waals surface area contributed by atoms with Crippen LogP contribution in [0.5, 0.6) is 0 Å². The van der Waals surface area contributed by atoms with Crippen molar-refractivity contribution in [1.82, 2.24) is 5.32 Å². The van der Waals surface area contributed by atoms with Gasteiger partial charge in [0.2, 0.25) is 5.91 Å². The van der Waals surface area contributed by atoms with E-state index in [-0.39, 0.29) is 5.91 Å². The van der Waals surface area contributed by atoms with Gasteiger partial charge in [-0.25, -0.2) is 0 Å². The molecule has 0 saturated carbocycles. The molecule has 24 heavy (non-hydrogen) atoms. The average Bonchev–Trinajstić information content (AvgIpc) is 2.59. The van der Waals surface area contributed by atoms with E-state index in [9.17, 15) is 4.79 Å². The van der Waals surface area contributed by atoms with Crippen molar-refractivity contribution < 1.29 is 4.79 Å². The zero-order valence-corrected chi connectivity index (χ0v) is 14.4. The van der Waals surface area contributed by atoms with Gasteiger partial charge in [-0.3, -0.25) is 4.79 Å². The Bertz CT molecular complexity index is 681. The van der Waals surface area contributed by atoms with Crippen LogP contribution in [0.2, 0.25) is 0 Å². The maximum atomic E-state index is 12.2. The summed E-state index contributed by atoms with van der Waals surface area (Å²) in [6.45, 7) is 4.29. The van der Waals surface area contributed by atoms with Crippen molar-refractivity contribution in [1.29, 1.82) is 0 Å². The lowest BCUT2D eigenvalue weighted by Crippen LogP contribution is -2.40. The van der Waals surface area contributed by atoms with Crippen LogP contribution in [0, 0.1) is 6.92 Å². The zero-order chi connectivity index (χ0) is 16.8. The maximum absolute atomic E-state index is 12.2. The average molecular weight is 322 g/mol. The lowest BCUT2D eigenvalue weighted by atomic mass is 9.99. The molecule has 3 nitrogen and oxygen atoms in total. The van der Waals surface area contributed by atoms with Crippen LogP contribution in [-0.4, -0.2) is 25.5 Å². The first kappa shape index (κ1) is 16.6. The Kier molecular flexibility index (Phi) is 5.52. The number of nitrogens with zero attached hydrogens (tertiary/aromatic N) is 1. The van der Waals surface area contributed by atoms with E-state index < -0.39 is 0 Å². The van der Waals surface area contributed by atoms with Crippen LogP contribution < -0.4 is 10.2 Å². The molecule has 0 bridgehead atoms. The second-order valence-electron chi connectivity index (χ2n) is 6.60. The minimum Gasteiger partial charge on any atom is -0.362 e. The van der Waals surface area contributed by atoms with Gasteiger partial charge in [0.15, 0.2) is 0 Å². The van der Waals surface area contributed by atoms with E-state index in [4.69, 9.17) is 0 Å². The molecule has 1 aliphatic heterocycles. The number of aryl methyl sites for hydroxylation is 3. The summed E-state index contributed by atoms with van der Waals surface area (Å²) in [6.07, 6.45) is 4.22. The van der Waals surface area contributed by atoms with Crippen molar-refractivity contribution >= 4 is 11.6 Å². The molecule has 0 radical (unpaired) electrons. The minimum atomic E-state index is 0.122. The second kappa shape index (κ2) is 8.00. The van der Waals surface area contributed by atoms with Gasteiger partial charge in [-0.1, -0.05) is 48.0 Å². The molecule has 3 heteroatoms. The van der Waals surface area contributed by atoms with Gasteiger partial charge in [0, 0.05) is 18.8 Å². The molecule has 2 aromatic carbocycles. The molecule has 0 fully saturated rings. The summed E-state index contributed by atoms with van der Waals surface area (Å²) in [6, 6.07) is 17.0. The van der Waals surface area contributed by atoms with Crippen molar-refractivity contribution in [2.75, 3.05) is 24.5 Å². The predicted octanol–water partition coefficient (Wildman–Crippen LogP) is 3.50. The van der Waals surface area contributed by atoms with E-state index in [1.807, 2.05) is 6.07 Å². The van der Waals surface area contributed by atoms with Crippen molar-refractivity contribution in [2.45, 2.75) is 32.6 Å². The van der Waals surface area contributed by atoms with Crippen LogP contribution in [0.3, 0.4) is 0 Å². The molecule has 1 N–H and O–H groups in total. The highest BCUT2D eigenvalue weighted by molar-refractivity contribution is 5.81. The molecule has 2 aromatic rings. The summed E-state index contributed by atoms with van der Waals surface area (Å²) in [5, 5.41) is 3.06. The Labute approximate surface area is 144 Å². The molecular weight excluding hydrogens is 296 g/mol. The number of anilines is 1. The van der Waals surface area contributed by atoms with E-state index in [0.29, 0.717) is 6.54 Å². The van der Waals surface area contributed by atoms with Crippen LogP contribution in [0.15, 0.2) is 48.5 Å². The fraction of sp³-hybridized carbons (Fsp3) is 0.381. The number of rotatable bonds is 6. The monoisotopic (exact) mass is 322 g/mol. The number of nitrogens with one attached hydrogen (secondary N) is 1. The summed E-state index contributed by atoms with van der Waals surface area (Å²) in [4.78, 5) is 14.5. The summed E-state index contributed by atoms with van der Waals surface area (Å²) >= 11 is 0. The van der Waals surface area contributed by atoms with Gasteiger partial charge in [0.1, 0.15) is 0 Å². The number of carbonyl (C=O) groups is 1.